The fourth-order valence-electron chi connectivity index (χ4n) is 1.28. The zero-order valence-electron chi connectivity index (χ0n) is 8.80. The van der Waals surface area contributed by atoms with Gasteiger partial charge in [0.05, 0.1) is 4.92 Å². The van der Waals surface area contributed by atoms with Gasteiger partial charge in [0, 0.05) is 9.26 Å². The quantitative estimate of drug-likeness (QED) is 0.384. The van der Waals surface area contributed by atoms with Gasteiger partial charge in [-0.2, -0.15) is 4.98 Å². The monoisotopic (exact) mass is 376 g/mol. The Balaban J connectivity index is 2.39. The highest BCUT2D eigenvalue weighted by atomic mass is 127. The van der Waals surface area contributed by atoms with Crippen molar-refractivity contribution < 1.29 is 4.92 Å². The van der Waals surface area contributed by atoms with Crippen molar-refractivity contribution in [3.8, 4) is 0 Å². The average molecular weight is 377 g/mol. The highest BCUT2D eigenvalue weighted by Crippen LogP contribution is 2.26. The maximum atomic E-state index is 10.8. The van der Waals surface area contributed by atoms with Gasteiger partial charge in [0.1, 0.15) is 6.20 Å². The molecule has 0 spiro atoms. The van der Waals surface area contributed by atoms with E-state index < -0.39 is 4.92 Å². The van der Waals surface area contributed by atoms with Gasteiger partial charge in [-0.15, -0.1) is 0 Å². The molecule has 0 unspecified atom stereocenters. The predicted molar refractivity (Wildman–Crippen MR) is 76.1 cm³/mol. The molecule has 0 bridgehead atoms. The summed E-state index contributed by atoms with van der Waals surface area (Å²) in [6, 6.07) is 7.36. The highest BCUT2D eigenvalue weighted by Gasteiger charge is 2.16. The molecule has 0 atom stereocenters. The first-order valence-corrected chi connectivity index (χ1v) is 6.21. The van der Waals surface area contributed by atoms with Crippen LogP contribution in [0.3, 0.4) is 0 Å². The Hall–Kier alpha value is -1.48. The molecule has 1 aromatic carbocycles. The number of nitrogens with zero attached hydrogens (tertiary/aromatic N) is 3. The molecule has 0 saturated heterocycles. The molecule has 2 rings (SSSR count). The molecule has 0 amide bonds. The summed E-state index contributed by atoms with van der Waals surface area (Å²) in [6.07, 6.45) is 1.07. The van der Waals surface area contributed by atoms with Crippen molar-refractivity contribution in [2.24, 2.45) is 0 Å². The van der Waals surface area contributed by atoms with Gasteiger partial charge in [0.25, 0.3) is 0 Å². The number of nitrogens with one attached hydrogen (secondary N) is 1. The van der Waals surface area contributed by atoms with Crippen molar-refractivity contribution in [3.63, 3.8) is 0 Å². The second kappa shape index (κ2) is 5.44. The Bertz CT molecular complexity index is 608. The second-order valence-corrected chi connectivity index (χ2v) is 4.85. The van der Waals surface area contributed by atoms with Crippen LogP contribution in [0.15, 0.2) is 30.5 Å². The number of hydrogen-bond acceptors (Lipinski definition) is 5. The Kier molecular flexibility index (Phi) is 3.92. The number of hydrogen-bond donors (Lipinski definition) is 1. The van der Waals surface area contributed by atoms with Gasteiger partial charge in [-0.25, -0.2) is 4.98 Å². The lowest BCUT2D eigenvalue weighted by molar-refractivity contribution is -0.384. The van der Waals surface area contributed by atoms with Gasteiger partial charge in [0.2, 0.25) is 11.1 Å². The minimum atomic E-state index is -0.563. The van der Waals surface area contributed by atoms with Gasteiger partial charge < -0.3 is 5.32 Å². The smallest absolute Gasteiger partial charge is 0.329 e. The third kappa shape index (κ3) is 3.05. The van der Waals surface area contributed by atoms with Crippen LogP contribution in [0.5, 0.6) is 0 Å². The van der Waals surface area contributed by atoms with E-state index in [4.69, 9.17) is 11.6 Å². The first-order chi connectivity index (χ1) is 8.56. The van der Waals surface area contributed by atoms with E-state index in [9.17, 15) is 10.1 Å². The SMILES string of the molecule is O=[N+]([O-])c1cnc(Cl)nc1Nc1cccc(I)c1. The molecule has 18 heavy (non-hydrogen) atoms. The van der Waals surface area contributed by atoms with Crippen LogP contribution in [0.4, 0.5) is 17.2 Å². The summed E-state index contributed by atoms with van der Waals surface area (Å²) in [5, 5.41) is 13.6. The summed E-state index contributed by atoms with van der Waals surface area (Å²) in [6.45, 7) is 0. The van der Waals surface area contributed by atoms with Crippen LogP contribution in [0.2, 0.25) is 5.28 Å². The molecular formula is C10H6ClIN4O2. The van der Waals surface area contributed by atoms with Crippen molar-refractivity contribution in [1.29, 1.82) is 0 Å². The average Bonchev–Trinajstić information content (AvgIpc) is 2.28. The minimum absolute atomic E-state index is 0.0475. The van der Waals surface area contributed by atoms with Crippen LogP contribution in [0.25, 0.3) is 0 Å². The van der Waals surface area contributed by atoms with Gasteiger partial charge in [0.15, 0.2) is 0 Å². The van der Waals surface area contributed by atoms with Crippen molar-refractivity contribution in [3.05, 3.63) is 49.4 Å². The molecule has 8 heteroatoms. The van der Waals surface area contributed by atoms with Gasteiger partial charge in [-0.1, -0.05) is 6.07 Å². The topological polar surface area (TPSA) is 81.0 Å². The summed E-state index contributed by atoms with van der Waals surface area (Å²) in [5.74, 6) is 0.0713. The molecule has 2 aromatic rings. The number of benzene rings is 1. The fraction of sp³-hybridized carbons (Fsp3) is 0. The Morgan fingerprint density at radius 1 is 1.44 bits per heavy atom. The van der Waals surface area contributed by atoms with Crippen LogP contribution >= 0.6 is 34.2 Å². The normalized spacial score (nSPS) is 10.1. The number of aromatic nitrogens is 2. The molecule has 0 aliphatic rings. The van der Waals surface area contributed by atoms with Crippen LogP contribution in [0.1, 0.15) is 0 Å². The van der Waals surface area contributed by atoms with Crippen LogP contribution in [-0.2, 0) is 0 Å². The van der Waals surface area contributed by atoms with E-state index in [2.05, 4.69) is 37.9 Å². The van der Waals surface area contributed by atoms with Crippen LogP contribution < -0.4 is 5.32 Å². The largest absolute Gasteiger partial charge is 0.334 e. The van der Waals surface area contributed by atoms with E-state index in [0.29, 0.717) is 5.69 Å². The molecule has 0 fully saturated rings. The second-order valence-electron chi connectivity index (χ2n) is 3.27. The van der Waals surface area contributed by atoms with E-state index in [0.717, 1.165) is 9.77 Å². The summed E-state index contributed by atoms with van der Waals surface area (Å²) in [5.41, 5.74) is 0.470. The molecule has 0 aliphatic carbocycles. The van der Waals surface area contributed by atoms with Crippen molar-refractivity contribution in [2.45, 2.75) is 0 Å². The number of rotatable bonds is 3. The van der Waals surface area contributed by atoms with E-state index >= 15 is 0 Å². The lowest BCUT2D eigenvalue weighted by Crippen LogP contribution is -2.01. The van der Waals surface area contributed by atoms with Gasteiger partial charge >= 0.3 is 5.69 Å². The van der Waals surface area contributed by atoms with Crippen molar-refractivity contribution in [2.75, 3.05) is 5.32 Å². The van der Waals surface area contributed by atoms with Crippen LogP contribution in [-0.4, -0.2) is 14.9 Å². The number of nitro groups is 1. The predicted octanol–water partition coefficient (Wildman–Crippen LogP) is 3.39. The molecule has 0 saturated carbocycles. The summed E-state index contributed by atoms with van der Waals surface area (Å²) in [4.78, 5) is 17.7. The Morgan fingerprint density at radius 2 is 2.22 bits per heavy atom. The highest BCUT2D eigenvalue weighted by molar-refractivity contribution is 14.1. The van der Waals surface area contributed by atoms with E-state index in [1.165, 1.54) is 0 Å². The van der Waals surface area contributed by atoms with Crippen molar-refractivity contribution in [1.82, 2.24) is 9.97 Å². The summed E-state index contributed by atoms with van der Waals surface area (Å²) in [7, 11) is 0. The molecule has 1 N–H and O–H groups in total. The molecule has 92 valence electrons. The maximum absolute atomic E-state index is 10.8. The zero-order chi connectivity index (χ0) is 13.1. The lowest BCUT2D eigenvalue weighted by atomic mass is 10.3. The summed E-state index contributed by atoms with van der Waals surface area (Å²) < 4.78 is 1.00. The Labute approximate surface area is 121 Å². The number of anilines is 2. The standard InChI is InChI=1S/C10H6ClIN4O2/c11-10-13-5-8(16(17)18)9(15-10)14-7-3-1-2-6(12)4-7/h1-5H,(H,13,14,15). The molecule has 0 radical (unpaired) electrons. The molecule has 1 heterocycles. The molecule has 6 nitrogen and oxygen atoms in total. The van der Waals surface area contributed by atoms with Crippen LogP contribution in [0, 0.1) is 13.7 Å². The molecular weight excluding hydrogens is 370 g/mol. The summed E-state index contributed by atoms with van der Waals surface area (Å²) >= 11 is 7.78. The number of halogens is 2. The van der Waals surface area contributed by atoms with E-state index in [1.54, 1.807) is 6.07 Å². The maximum Gasteiger partial charge on any atom is 0.329 e. The Morgan fingerprint density at radius 3 is 2.89 bits per heavy atom. The molecule has 0 aliphatic heterocycles. The van der Waals surface area contributed by atoms with E-state index in [-0.39, 0.29) is 16.8 Å². The first-order valence-electron chi connectivity index (χ1n) is 4.76. The fourth-order valence-corrected chi connectivity index (χ4v) is 1.96. The third-order valence-electron chi connectivity index (χ3n) is 2.02. The zero-order valence-corrected chi connectivity index (χ0v) is 11.7. The van der Waals surface area contributed by atoms with E-state index in [1.807, 2.05) is 18.2 Å². The van der Waals surface area contributed by atoms with Gasteiger partial charge in [-0.05, 0) is 52.4 Å². The third-order valence-corrected chi connectivity index (χ3v) is 2.88. The van der Waals surface area contributed by atoms with Gasteiger partial charge in [-0.3, -0.25) is 10.1 Å². The minimum Gasteiger partial charge on any atom is -0.334 e. The first kappa shape index (κ1) is 13.0. The lowest BCUT2D eigenvalue weighted by Gasteiger charge is -2.06. The van der Waals surface area contributed by atoms with Crippen molar-refractivity contribution >= 4 is 51.4 Å². The molecule has 1 aromatic heterocycles.